The van der Waals surface area contributed by atoms with E-state index in [-0.39, 0.29) is 5.41 Å². The van der Waals surface area contributed by atoms with Gasteiger partial charge < -0.3 is 4.90 Å². The first kappa shape index (κ1) is 35.7. The summed E-state index contributed by atoms with van der Waals surface area (Å²) in [6.45, 7) is 4.75. The first-order valence-electron chi connectivity index (χ1n) is 21.2. The Morgan fingerprint density at radius 3 is 1.90 bits per heavy atom. The second-order valence-electron chi connectivity index (χ2n) is 16.9. The van der Waals surface area contributed by atoms with E-state index in [1.54, 1.807) is 0 Å². The van der Waals surface area contributed by atoms with Gasteiger partial charge in [-0.15, -0.1) is 11.3 Å². The van der Waals surface area contributed by atoms with E-state index in [0.29, 0.717) is 0 Å². The standard InChI is InChI=1S/C59H41NS/c1-59(2)53-27-12-10-24-47(53)48-33-31-43(37-54(48)59)60(42-20-14-19-39(34-42)38-16-4-3-5-17-38)55-28-15-26-51(52-35-40-18-6-7-21-44(40)45-22-8-9-23-46(45)52)58(55)41-30-32-50-49-25-11-13-29-56(49)61-57(50)36-41/h3-37H,1-2H3. The summed E-state index contributed by atoms with van der Waals surface area (Å²) in [5.41, 5.74) is 15.8. The summed E-state index contributed by atoms with van der Waals surface area (Å²) in [4.78, 5) is 2.52. The van der Waals surface area contributed by atoms with Crippen LogP contribution in [-0.4, -0.2) is 0 Å². The number of hydrogen-bond donors (Lipinski definition) is 0. The molecule has 0 spiro atoms. The summed E-state index contributed by atoms with van der Waals surface area (Å²) in [5.74, 6) is 0. The van der Waals surface area contributed by atoms with Crippen LogP contribution in [0.15, 0.2) is 212 Å². The van der Waals surface area contributed by atoms with Crippen LogP contribution < -0.4 is 4.90 Å². The van der Waals surface area contributed by atoms with E-state index >= 15 is 0 Å². The highest BCUT2D eigenvalue weighted by Gasteiger charge is 2.36. The Balaban J connectivity index is 1.17. The highest BCUT2D eigenvalue weighted by Crippen LogP contribution is 2.53. The molecule has 12 rings (SSSR count). The second kappa shape index (κ2) is 13.9. The van der Waals surface area contributed by atoms with Crippen molar-refractivity contribution < 1.29 is 0 Å². The molecular weight excluding hydrogens is 755 g/mol. The molecule has 1 nitrogen and oxygen atoms in total. The average molecular weight is 796 g/mol. The number of hydrogen-bond acceptors (Lipinski definition) is 2. The highest BCUT2D eigenvalue weighted by atomic mass is 32.1. The third-order valence-electron chi connectivity index (χ3n) is 13.0. The van der Waals surface area contributed by atoms with Crippen LogP contribution in [-0.2, 0) is 5.41 Å². The first-order chi connectivity index (χ1) is 30.0. The number of anilines is 3. The first-order valence-corrected chi connectivity index (χ1v) is 22.0. The Morgan fingerprint density at radius 1 is 0.361 bits per heavy atom. The predicted octanol–water partition coefficient (Wildman–Crippen LogP) is 17.1. The molecule has 1 aromatic heterocycles. The number of fused-ring (bicyclic) bond motifs is 9. The van der Waals surface area contributed by atoms with Gasteiger partial charge >= 0.3 is 0 Å². The van der Waals surface area contributed by atoms with Crippen molar-refractivity contribution in [1.29, 1.82) is 0 Å². The fraction of sp³-hybridized carbons (Fsp3) is 0.0508. The molecule has 11 aromatic rings. The van der Waals surface area contributed by atoms with E-state index in [1.807, 2.05) is 11.3 Å². The molecule has 0 aliphatic heterocycles. The molecule has 1 aliphatic rings. The SMILES string of the molecule is CC1(C)c2ccccc2-c2ccc(N(c3cccc(-c4ccccc4)c3)c3cccc(-c4cc5ccccc5c5ccccc45)c3-c3ccc4c(c3)sc3ccccc34)cc21. The van der Waals surface area contributed by atoms with Crippen molar-refractivity contribution in [2.75, 3.05) is 4.90 Å². The molecule has 0 bridgehead atoms. The molecule has 0 saturated carbocycles. The maximum absolute atomic E-state index is 2.52. The third kappa shape index (κ3) is 5.67. The monoisotopic (exact) mass is 795 g/mol. The smallest absolute Gasteiger partial charge is 0.0546 e. The Hall–Kier alpha value is -7.26. The highest BCUT2D eigenvalue weighted by molar-refractivity contribution is 7.25. The summed E-state index contributed by atoms with van der Waals surface area (Å²) in [7, 11) is 0. The van der Waals surface area contributed by atoms with Gasteiger partial charge in [-0.2, -0.15) is 0 Å². The lowest BCUT2D eigenvalue weighted by atomic mass is 9.82. The van der Waals surface area contributed by atoms with Crippen LogP contribution >= 0.6 is 11.3 Å². The minimum Gasteiger partial charge on any atom is -0.310 e. The Morgan fingerprint density at radius 2 is 1.02 bits per heavy atom. The summed E-state index contributed by atoms with van der Waals surface area (Å²) in [5, 5.41) is 7.63. The van der Waals surface area contributed by atoms with Crippen molar-refractivity contribution >= 4 is 70.1 Å². The number of rotatable bonds is 6. The van der Waals surface area contributed by atoms with Gasteiger partial charge in [-0.05, 0) is 120 Å². The van der Waals surface area contributed by atoms with E-state index < -0.39 is 0 Å². The molecule has 0 saturated heterocycles. The Labute approximate surface area is 360 Å². The fourth-order valence-electron chi connectivity index (χ4n) is 10.1. The van der Waals surface area contributed by atoms with Crippen molar-refractivity contribution in [3.8, 4) is 44.5 Å². The van der Waals surface area contributed by atoms with Crippen molar-refractivity contribution in [2.24, 2.45) is 0 Å². The van der Waals surface area contributed by atoms with Crippen molar-refractivity contribution in [2.45, 2.75) is 19.3 Å². The number of nitrogens with zero attached hydrogens (tertiary/aromatic N) is 1. The van der Waals surface area contributed by atoms with Crippen LogP contribution in [0, 0.1) is 0 Å². The van der Waals surface area contributed by atoms with Crippen LogP contribution in [0.25, 0.3) is 86.2 Å². The lowest BCUT2D eigenvalue weighted by Crippen LogP contribution is -2.17. The molecule has 0 unspecified atom stereocenters. The molecule has 61 heavy (non-hydrogen) atoms. The van der Waals surface area contributed by atoms with Gasteiger partial charge in [0.25, 0.3) is 0 Å². The molecule has 10 aromatic carbocycles. The van der Waals surface area contributed by atoms with Gasteiger partial charge in [0.2, 0.25) is 0 Å². The van der Waals surface area contributed by atoms with E-state index in [4.69, 9.17) is 0 Å². The van der Waals surface area contributed by atoms with E-state index in [9.17, 15) is 0 Å². The Kier molecular flexibility index (Phi) is 8.13. The normalized spacial score (nSPS) is 12.9. The zero-order valence-corrected chi connectivity index (χ0v) is 34.9. The zero-order chi connectivity index (χ0) is 40.7. The Bertz CT molecular complexity index is 3520. The lowest BCUT2D eigenvalue weighted by Gasteiger charge is -2.31. The molecule has 0 N–H and O–H groups in total. The summed E-state index contributed by atoms with van der Waals surface area (Å²) >= 11 is 1.88. The molecule has 1 heterocycles. The second-order valence-corrected chi connectivity index (χ2v) is 17.9. The molecular formula is C59H41NS. The van der Waals surface area contributed by atoms with Gasteiger partial charge in [0.15, 0.2) is 0 Å². The van der Waals surface area contributed by atoms with Gasteiger partial charge in [-0.25, -0.2) is 0 Å². The maximum Gasteiger partial charge on any atom is 0.0546 e. The average Bonchev–Trinajstić information content (AvgIpc) is 3.80. The molecule has 1 aliphatic carbocycles. The lowest BCUT2D eigenvalue weighted by molar-refractivity contribution is 0.660. The summed E-state index contributed by atoms with van der Waals surface area (Å²) in [6.07, 6.45) is 0. The quantitative estimate of drug-likeness (QED) is 0.152. The fourth-order valence-corrected chi connectivity index (χ4v) is 11.3. The van der Waals surface area contributed by atoms with E-state index in [0.717, 1.165) is 17.1 Å². The number of benzene rings is 10. The summed E-state index contributed by atoms with van der Waals surface area (Å²) < 4.78 is 2.60. The van der Waals surface area contributed by atoms with Gasteiger partial charge in [-0.1, -0.05) is 178 Å². The van der Waals surface area contributed by atoms with Crippen LogP contribution in [0.3, 0.4) is 0 Å². The minimum atomic E-state index is -0.152. The molecule has 288 valence electrons. The summed E-state index contributed by atoms with van der Waals surface area (Å²) in [6, 6.07) is 78.9. The minimum absolute atomic E-state index is 0.152. The van der Waals surface area contributed by atoms with Gasteiger partial charge in [0.1, 0.15) is 0 Å². The molecule has 2 heteroatoms. The predicted molar refractivity (Wildman–Crippen MR) is 263 cm³/mol. The van der Waals surface area contributed by atoms with Crippen molar-refractivity contribution in [1.82, 2.24) is 0 Å². The third-order valence-corrected chi connectivity index (χ3v) is 14.2. The van der Waals surface area contributed by atoms with E-state index in [1.165, 1.54) is 97.4 Å². The number of thiophene rings is 1. The van der Waals surface area contributed by atoms with Gasteiger partial charge in [0, 0.05) is 42.5 Å². The molecule has 0 atom stereocenters. The molecule has 0 fully saturated rings. The topological polar surface area (TPSA) is 3.24 Å². The zero-order valence-electron chi connectivity index (χ0n) is 34.1. The van der Waals surface area contributed by atoms with Crippen LogP contribution in [0.4, 0.5) is 17.1 Å². The maximum atomic E-state index is 2.52. The molecule has 0 amide bonds. The van der Waals surface area contributed by atoms with Crippen LogP contribution in [0.5, 0.6) is 0 Å². The van der Waals surface area contributed by atoms with E-state index in [2.05, 4.69) is 231 Å². The largest absolute Gasteiger partial charge is 0.310 e. The molecule has 0 radical (unpaired) electrons. The van der Waals surface area contributed by atoms with Crippen LogP contribution in [0.1, 0.15) is 25.0 Å². The van der Waals surface area contributed by atoms with Gasteiger partial charge in [0.05, 0.1) is 5.69 Å². The van der Waals surface area contributed by atoms with Gasteiger partial charge in [-0.3, -0.25) is 0 Å². The van der Waals surface area contributed by atoms with Crippen molar-refractivity contribution in [3.63, 3.8) is 0 Å². The van der Waals surface area contributed by atoms with Crippen LogP contribution in [0.2, 0.25) is 0 Å². The van der Waals surface area contributed by atoms with Crippen molar-refractivity contribution in [3.05, 3.63) is 223 Å².